The minimum atomic E-state index is -3.60. The Balaban J connectivity index is 1.99. The molecular weight excluding hydrogens is 334 g/mol. The Morgan fingerprint density at radius 1 is 1.29 bits per heavy atom. The van der Waals surface area contributed by atoms with Crippen molar-refractivity contribution in [2.45, 2.75) is 43.5 Å². The molecule has 2 amide bonds. The summed E-state index contributed by atoms with van der Waals surface area (Å²) in [5, 5.41) is 13.7. The lowest BCUT2D eigenvalue weighted by atomic mass is 10.2. The van der Waals surface area contributed by atoms with Crippen LogP contribution in [-0.2, 0) is 14.8 Å². The van der Waals surface area contributed by atoms with Crippen molar-refractivity contribution in [1.82, 2.24) is 10.0 Å². The number of urea groups is 1. The van der Waals surface area contributed by atoms with Crippen molar-refractivity contribution in [2.24, 2.45) is 0 Å². The fourth-order valence-electron chi connectivity index (χ4n) is 2.13. The average Bonchev–Trinajstić information content (AvgIpc) is 3.28. The first-order valence-corrected chi connectivity index (χ1v) is 9.16. The Kier molecular flexibility index (Phi) is 5.79. The van der Waals surface area contributed by atoms with Gasteiger partial charge >= 0.3 is 12.0 Å². The van der Waals surface area contributed by atoms with Crippen molar-refractivity contribution in [3.8, 4) is 0 Å². The van der Waals surface area contributed by atoms with Gasteiger partial charge in [0.2, 0.25) is 10.0 Å². The van der Waals surface area contributed by atoms with Crippen LogP contribution in [-0.4, -0.2) is 38.1 Å². The molecule has 1 aliphatic rings. The van der Waals surface area contributed by atoms with Crippen molar-refractivity contribution in [1.29, 1.82) is 0 Å². The summed E-state index contributed by atoms with van der Waals surface area (Å²) in [6, 6.07) is 4.17. The van der Waals surface area contributed by atoms with E-state index >= 15 is 0 Å². The predicted octanol–water partition coefficient (Wildman–Crippen LogP) is 1.42. The Morgan fingerprint density at radius 2 is 2.00 bits per heavy atom. The lowest BCUT2D eigenvalue weighted by Crippen LogP contribution is -2.30. The van der Waals surface area contributed by atoms with Gasteiger partial charge in [0.25, 0.3) is 0 Å². The average molecular weight is 355 g/mol. The highest BCUT2D eigenvalue weighted by Crippen LogP contribution is 2.26. The molecule has 0 unspecified atom stereocenters. The van der Waals surface area contributed by atoms with Crippen molar-refractivity contribution >= 4 is 27.7 Å². The second-order valence-corrected chi connectivity index (χ2v) is 7.38. The molecule has 1 fully saturated rings. The van der Waals surface area contributed by atoms with Crippen molar-refractivity contribution in [3.63, 3.8) is 0 Å². The van der Waals surface area contributed by atoms with E-state index in [0.717, 1.165) is 12.8 Å². The van der Waals surface area contributed by atoms with E-state index in [1.807, 2.05) is 0 Å². The summed E-state index contributed by atoms with van der Waals surface area (Å²) < 4.78 is 27.3. The molecular formula is C15H21N3O5S. The lowest BCUT2D eigenvalue weighted by Gasteiger charge is -2.14. The molecule has 0 heterocycles. The number of hydrogen-bond acceptors (Lipinski definition) is 4. The Hall–Kier alpha value is -2.13. The quantitative estimate of drug-likeness (QED) is 0.525. The van der Waals surface area contributed by atoms with Gasteiger partial charge in [-0.1, -0.05) is 6.07 Å². The monoisotopic (exact) mass is 355 g/mol. The molecule has 1 aromatic carbocycles. The third kappa shape index (κ3) is 5.20. The van der Waals surface area contributed by atoms with Gasteiger partial charge in [-0.2, -0.15) is 0 Å². The minimum absolute atomic E-state index is 0.00329. The summed E-state index contributed by atoms with van der Waals surface area (Å²) in [7, 11) is -3.60. The number of nitrogens with one attached hydrogen (secondary N) is 3. The highest BCUT2D eigenvalue weighted by molar-refractivity contribution is 7.89. The largest absolute Gasteiger partial charge is 0.481 e. The molecule has 1 aromatic rings. The minimum Gasteiger partial charge on any atom is -0.481 e. The first kappa shape index (κ1) is 18.2. The SMILES string of the molecule is Cc1c(NC(=O)NCCCC(=O)O)cccc1S(=O)(=O)NC1CC1. The Morgan fingerprint density at radius 3 is 2.62 bits per heavy atom. The number of benzene rings is 1. The second kappa shape index (κ2) is 7.63. The zero-order valence-electron chi connectivity index (χ0n) is 13.3. The summed E-state index contributed by atoms with van der Waals surface area (Å²) in [5.74, 6) is -0.922. The number of aliphatic carboxylic acids is 1. The standard InChI is InChI=1S/C15H21N3O5S/c1-10-12(17-15(21)16-9-3-6-14(19)20)4-2-5-13(10)24(22,23)18-11-7-8-11/h2,4-5,11,18H,3,6-9H2,1H3,(H,19,20)(H2,16,17,21). The number of hydrogen-bond donors (Lipinski definition) is 4. The van der Waals surface area contributed by atoms with Crippen LogP contribution in [0.4, 0.5) is 10.5 Å². The number of carbonyl (C=O) groups excluding carboxylic acids is 1. The van der Waals surface area contributed by atoms with E-state index in [1.165, 1.54) is 6.07 Å². The maximum absolute atomic E-state index is 12.3. The zero-order chi connectivity index (χ0) is 17.7. The van der Waals surface area contributed by atoms with E-state index in [1.54, 1.807) is 19.1 Å². The van der Waals surface area contributed by atoms with Gasteiger partial charge < -0.3 is 15.7 Å². The highest BCUT2D eigenvalue weighted by atomic mass is 32.2. The van der Waals surface area contributed by atoms with Crippen molar-refractivity contribution < 1.29 is 23.1 Å². The van der Waals surface area contributed by atoms with Crippen LogP contribution in [0.15, 0.2) is 23.1 Å². The molecule has 8 nitrogen and oxygen atoms in total. The van der Waals surface area contributed by atoms with Crippen LogP contribution >= 0.6 is 0 Å². The van der Waals surface area contributed by atoms with E-state index in [9.17, 15) is 18.0 Å². The molecule has 9 heteroatoms. The van der Waals surface area contributed by atoms with Crippen LogP contribution < -0.4 is 15.4 Å². The summed E-state index contributed by atoms with van der Waals surface area (Å²) >= 11 is 0. The number of carbonyl (C=O) groups is 2. The fourth-order valence-corrected chi connectivity index (χ4v) is 3.71. The maximum Gasteiger partial charge on any atom is 0.319 e. The van der Waals surface area contributed by atoms with Crippen LogP contribution in [0, 0.1) is 6.92 Å². The smallest absolute Gasteiger partial charge is 0.319 e. The summed E-state index contributed by atoms with van der Waals surface area (Å²) in [5.41, 5.74) is 0.843. The van der Waals surface area contributed by atoms with Gasteiger partial charge in [0.15, 0.2) is 0 Å². The van der Waals surface area contributed by atoms with Crippen molar-refractivity contribution in [3.05, 3.63) is 23.8 Å². The first-order chi connectivity index (χ1) is 11.3. The van der Waals surface area contributed by atoms with Gasteiger partial charge in [0, 0.05) is 24.7 Å². The summed E-state index contributed by atoms with van der Waals surface area (Å²) in [6.07, 6.45) is 1.98. The van der Waals surface area contributed by atoms with Gasteiger partial charge in [-0.3, -0.25) is 4.79 Å². The molecule has 2 rings (SSSR count). The molecule has 0 aromatic heterocycles. The summed E-state index contributed by atoms with van der Waals surface area (Å²) in [6.45, 7) is 1.85. The van der Waals surface area contributed by atoms with E-state index in [0.29, 0.717) is 17.7 Å². The van der Waals surface area contributed by atoms with Crippen LogP contribution in [0.2, 0.25) is 0 Å². The van der Waals surface area contributed by atoms with E-state index < -0.39 is 22.0 Å². The number of rotatable bonds is 8. The molecule has 0 spiro atoms. The molecule has 132 valence electrons. The molecule has 0 atom stereocenters. The number of carboxylic acids is 1. The number of amides is 2. The Labute approximate surface area is 140 Å². The molecule has 1 aliphatic carbocycles. The normalized spacial score (nSPS) is 14.2. The van der Waals surface area contributed by atoms with Crippen molar-refractivity contribution in [2.75, 3.05) is 11.9 Å². The van der Waals surface area contributed by atoms with Gasteiger partial charge in [-0.05, 0) is 43.9 Å². The third-order valence-electron chi connectivity index (χ3n) is 3.57. The topological polar surface area (TPSA) is 125 Å². The Bertz CT molecular complexity index is 729. The van der Waals surface area contributed by atoms with Gasteiger partial charge in [-0.15, -0.1) is 0 Å². The number of sulfonamides is 1. The van der Waals surface area contributed by atoms with Gasteiger partial charge in [0.1, 0.15) is 0 Å². The zero-order valence-corrected chi connectivity index (χ0v) is 14.1. The van der Waals surface area contributed by atoms with Crippen LogP contribution in [0.3, 0.4) is 0 Å². The molecule has 0 bridgehead atoms. The van der Waals surface area contributed by atoms with Crippen LogP contribution in [0.5, 0.6) is 0 Å². The molecule has 0 aliphatic heterocycles. The number of carboxylic acid groups (broad SMARTS) is 1. The highest BCUT2D eigenvalue weighted by Gasteiger charge is 2.29. The third-order valence-corrected chi connectivity index (χ3v) is 5.24. The fraction of sp³-hybridized carbons (Fsp3) is 0.467. The van der Waals surface area contributed by atoms with Gasteiger partial charge in [0.05, 0.1) is 4.90 Å². The van der Waals surface area contributed by atoms with Crippen LogP contribution in [0.25, 0.3) is 0 Å². The molecule has 1 saturated carbocycles. The van der Waals surface area contributed by atoms with Gasteiger partial charge in [-0.25, -0.2) is 17.9 Å². The lowest BCUT2D eigenvalue weighted by molar-refractivity contribution is -0.137. The number of anilines is 1. The van der Waals surface area contributed by atoms with Crippen LogP contribution in [0.1, 0.15) is 31.2 Å². The molecule has 4 N–H and O–H groups in total. The maximum atomic E-state index is 12.3. The first-order valence-electron chi connectivity index (χ1n) is 7.68. The predicted molar refractivity (Wildman–Crippen MR) is 88.4 cm³/mol. The summed E-state index contributed by atoms with van der Waals surface area (Å²) in [4.78, 5) is 22.4. The molecule has 24 heavy (non-hydrogen) atoms. The second-order valence-electron chi connectivity index (χ2n) is 5.70. The molecule has 0 saturated heterocycles. The molecule has 0 radical (unpaired) electrons. The van der Waals surface area contributed by atoms with E-state index in [4.69, 9.17) is 5.11 Å². The van der Waals surface area contributed by atoms with E-state index in [-0.39, 0.29) is 23.9 Å². The van der Waals surface area contributed by atoms with E-state index in [2.05, 4.69) is 15.4 Å².